The molecule has 3 rings (SSSR count). The van der Waals surface area contributed by atoms with Crippen molar-refractivity contribution in [2.45, 2.75) is 39.3 Å². The van der Waals surface area contributed by atoms with E-state index in [1.807, 2.05) is 68.5 Å². The summed E-state index contributed by atoms with van der Waals surface area (Å²) in [4.78, 5) is 4.62. The lowest BCUT2D eigenvalue weighted by Gasteiger charge is -2.14. The predicted molar refractivity (Wildman–Crippen MR) is 113 cm³/mol. The van der Waals surface area contributed by atoms with Crippen LogP contribution in [-0.4, -0.2) is 28.4 Å². The van der Waals surface area contributed by atoms with Gasteiger partial charge in [0.25, 0.3) is 0 Å². The molecule has 0 aliphatic carbocycles. The fraction of sp³-hybridized carbons (Fsp3) is 0.348. The van der Waals surface area contributed by atoms with E-state index in [4.69, 9.17) is 9.47 Å². The first-order valence-electron chi connectivity index (χ1n) is 9.74. The van der Waals surface area contributed by atoms with Crippen molar-refractivity contribution in [2.75, 3.05) is 13.7 Å². The van der Waals surface area contributed by atoms with Crippen LogP contribution in [0.3, 0.4) is 0 Å². The number of imidazole rings is 1. The average Bonchev–Trinajstić information content (AvgIpc) is 3.10. The highest BCUT2D eigenvalue weighted by Crippen LogP contribution is 2.29. The first-order chi connectivity index (χ1) is 13.7. The molecule has 0 amide bonds. The van der Waals surface area contributed by atoms with E-state index in [0.717, 1.165) is 46.9 Å². The molecule has 0 unspecified atom stereocenters. The van der Waals surface area contributed by atoms with Gasteiger partial charge in [-0.15, -0.1) is 0 Å². The highest BCUT2D eigenvalue weighted by Gasteiger charge is 2.16. The summed E-state index contributed by atoms with van der Waals surface area (Å²) < 4.78 is 13.5. The van der Waals surface area contributed by atoms with Gasteiger partial charge >= 0.3 is 0 Å². The van der Waals surface area contributed by atoms with Crippen molar-refractivity contribution < 1.29 is 14.6 Å². The number of hydrogen-bond acceptors (Lipinski definition) is 4. The molecule has 1 N–H and O–H groups in total. The second-order valence-corrected chi connectivity index (χ2v) is 6.65. The molecule has 0 spiro atoms. The highest BCUT2D eigenvalue weighted by molar-refractivity contribution is 5.76. The van der Waals surface area contributed by atoms with Gasteiger partial charge in [0.2, 0.25) is 0 Å². The van der Waals surface area contributed by atoms with Crippen molar-refractivity contribution in [2.24, 2.45) is 0 Å². The Labute approximate surface area is 166 Å². The molecule has 3 aromatic rings. The molecule has 1 aromatic heterocycles. The van der Waals surface area contributed by atoms with E-state index < -0.39 is 6.10 Å². The van der Waals surface area contributed by atoms with Crippen LogP contribution in [0.1, 0.15) is 44.2 Å². The molecular weight excluding hydrogens is 352 g/mol. The molecule has 148 valence electrons. The van der Waals surface area contributed by atoms with Gasteiger partial charge in [0.1, 0.15) is 11.9 Å². The number of ether oxygens (including phenoxy) is 2. The van der Waals surface area contributed by atoms with Gasteiger partial charge in [-0.2, -0.15) is 0 Å². The molecular formula is C23H28N2O3. The number of allylic oxidation sites excluding steroid dienone is 1. The number of fused-ring (bicyclic) bond motifs is 1. The second kappa shape index (κ2) is 9.42. The fourth-order valence-corrected chi connectivity index (χ4v) is 3.27. The van der Waals surface area contributed by atoms with Gasteiger partial charge < -0.3 is 19.1 Å². The van der Waals surface area contributed by atoms with Gasteiger partial charge in [0.05, 0.1) is 24.8 Å². The lowest BCUT2D eigenvalue weighted by atomic mass is 10.2. The van der Waals surface area contributed by atoms with Crippen molar-refractivity contribution in [3.05, 3.63) is 59.9 Å². The van der Waals surface area contributed by atoms with E-state index in [-0.39, 0.29) is 0 Å². The van der Waals surface area contributed by atoms with Crippen molar-refractivity contribution >= 4 is 17.1 Å². The quantitative estimate of drug-likeness (QED) is 0.531. The number of benzene rings is 2. The van der Waals surface area contributed by atoms with Crippen LogP contribution >= 0.6 is 0 Å². The number of aromatic nitrogens is 2. The lowest BCUT2D eigenvalue weighted by molar-refractivity contribution is 0.158. The molecule has 0 saturated heterocycles. The number of aliphatic hydroxyl groups is 1. The topological polar surface area (TPSA) is 56.5 Å². The second-order valence-electron chi connectivity index (χ2n) is 6.65. The molecule has 0 aliphatic rings. The first-order valence-corrected chi connectivity index (χ1v) is 9.74. The molecule has 1 heterocycles. The minimum absolute atomic E-state index is 0.549. The smallest absolute Gasteiger partial charge is 0.161 e. The standard InChI is InChI=1S/C23H28N2O3/c1-4-9-17-12-13-21(22(16-17)27-3)28-15-8-14-25-19-11-7-6-10-18(19)24-23(25)20(26)5-2/h4,6-7,9-13,16,20,26H,5,8,14-15H2,1-3H3/b9-4+/t20-/m1/s1. The summed E-state index contributed by atoms with van der Waals surface area (Å²) >= 11 is 0. The first kappa shape index (κ1) is 20.0. The number of nitrogens with zero attached hydrogens (tertiary/aromatic N) is 2. The average molecular weight is 380 g/mol. The summed E-state index contributed by atoms with van der Waals surface area (Å²) in [6, 6.07) is 13.9. The Hall–Kier alpha value is -2.79. The van der Waals surface area contributed by atoms with Crippen molar-refractivity contribution in [3.8, 4) is 11.5 Å². The molecule has 0 radical (unpaired) electrons. The van der Waals surface area contributed by atoms with Crippen LogP contribution in [0.4, 0.5) is 0 Å². The molecule has 5 nitrogen and oxygen atoms in total. The number of methoxy groups -OCH3 is 1. The largest absolute Gasteiger partial charge is 0.493 e. The van der Waals surface area contributed by atoms with Gasteiger partial charge in [0.15, 0.2) is 11.5 Å². The number of para-hydroxylation sites is 2. The van der Waals surface area contributed by atoms with Gasteiger partial charge in [-0.05, 0) is 49.6 Å². The molecule has 0 aliphatic heterocycles. The molecule has 0 fully saturated rings. The third-order valence-corrected chi connectivity index (χ3v) is 4.70. The normalized spacial score (nSPS) is 12.6. The minimum Gasteiger partial charge on any atom is -0.493 e. The Morgan fingerprint density at radius 2 is 2.00 bits per heavy atom. The van der Waals surface area contributed by atoms with Crippen LogP contribution in [0.15, 0.2) is 48.5 Å². The third-order valence-electron chi connectivity index (χ3n) is 4.70. The SMILES string of the molecule is C/C=C/c1ccc(OCCCn2c([C@H](O)CC)nc3ccccc32)c(OC)c1. The summed E-state index contributed by atoms with van der Waals surface area (Å²) in [6.45, 7) is 5.22. The molecule has 28 heavy (non-hydrogen) atoms. The van der Waals surface area contributed by atoms with Crippen LogP contribution in [0.5, 0.6) is 11.5 Å². The fourth-order valence-electron chi connectivity index (χ4n) is 3.27. The molecule has 0 bridgehead atoms. The summed E-state index contributed by atoms with van der Waals surface area (Å²) in [5, 5.41) is 10.3. The number of rotatable bonds is 9. The van der Waals surface area contributed by atoms with E-state index in [9.17, 15) is 5.11 Å². The summed E-state index contributed by atoms with van der Waals surface area (Å²) in [5.41, 5.74) is 3.03. The molecule has 5 heteroatoms. The van der Waals surface area contributed by atoms with E-state index in [1.165, 1.54) is 0 Å². The van der Waals surface area contributed by atoms with Crippen LogP contribution < -0.4 is 9.47 Å². The zero-order chi connectivity index (χ0) is 19.9. The Morgan fingerprint density at radius 3 is 2.75 bits per heavy atom. The maximum Gasteiger partial charge on any atom is 0.161 e. The maximum atomic E-state index is 10.3. The summed E-state index contributed by atoms with van der Waals surface area (Å²) in [5.74, 6) is 2.18. The Bertz CT molecular complexity index is 946. The summed E-state index contributed by atoms with van der Waals surface area (Å²) in [6.07, 6.45) is 4.89. The maximum absolute atomic E-state index is 10.3. The Kier molecular flexibility index (Phi) is 6.71. The highest BCUT2D eigenvalue weighted by atomic mass is 16.5. The number of aryl methyl sites for hydroxylation is 1. The van der Waals surface area contributed by atoms with E-state index >= 15 is 0 Å². The molecule has 2 aromatic carbocycles. The van der Waals surface area contributed by atoms with E-state index in [0.29, 0.717) is 13.0 Å². The lowest BCUT2D eigenvalue weighted by Crippen LogP contribution is -2.11. The van der Waals surface area contributed by atoms with Crippen LogP contribution in [0.25, 0.3) is 17.1 Å². The number of hydrogen-bond donors (Lipinski definition) is 1. The van der Waals surface area contributed by atoms with Gasteiger partial charge in [-0.3, -0.25) is 0 Å². The van der Waals surface area contributed by atoms with Crippen LogP contribution in [-0.2, 0) is 6.54 Å². The zero-order valence-electron chi connectivity index (χ0n) is 16.8. The van der Waals surface area contributed by atoms with Crippen molar-refractivity contribution in [1.29, 1.82) is 0 Å². The van der Waals surface area contributed by atoms with Gasteiger partial charge in [0, 0.05) is 6.54 Å². The van der Waals surface area contributed by atoms with Crippen molar-refractivity contribution in [1.82, 2.24) is 9.55 Å². The summed E-state index contributed by atoms with van der Waals surface area (Å²) in [7, 11) is 1.65. The predicted octanol–water partition coefficient (Wildman–Crippen LogP) is 4.99. The Balaban J connectivity index is 1.69. The third kappa shape index (κ3) is 4.37. The Morgan fingerprint density at radius 1 is 1.18 bits per heavy atom. The van der Waals surface area contributed by atoms with E-state index in [2.05, 4.69) is 9.55 Å². The zero-order valence-corrected chi connectivity index (χ0v) is 16.8. The van der Waals surface area contributed by atoms with E-state index in [1.54, 1.807) is 7.11 Å². The van der Waals surface area contributed by atoms with Gasteiger partial charge in [-0.1, -0.05) is 37.3 Å². The van der Waals surface area contributed by atoms with Crippen LogP contribution in [0, 0.1) is 0 Å². The van der Waals surface area contributed by atoms with Crippen molar-refractivity contribution in [3.63, 3.8) is 0 Å². The number of aliphatic hydroxyl groups excluding tert-OH is 1. The van der Waals surface area contributed by atoms with Gasteiger partial charge in [-0.25, -0.2) is 4.98 Å². The van der Waals surface area contributed by atoms with Crippen LogP contribution in [0.2, 0.25) is 0 Å². The monoisotopic (exact) mass is 380 g/mol. The molecule has 0 saturated carbocycles. The molecule has 1 atom stereocenters. The minimum atomic E-state index is -0.562.